The standard InChI is InChI=1S/C11H16O2/c1-9(8-12)13-10(2)11-6-4-3-5-7-11/h3-7,9-10,12H,8H2,1-2H3. The lowest BCUT2D eigenvalue weighted by Crippen LogP contribution is -2.15. The average molecular weight is 180 g/mol. The predicted molar refractivity (Wildman–Crippen MR) is 52.5 cm³/mol. The van der Waals surface area contributed by atoms with Crippen LogP contribution < -0.4 is 0 Å². The molecule has 2 nitrogen and oxygen atoms in total. The summed E-state index contributed by atoms with van der Waals surface area (Å²) in [5.74, 6) is 0. The number of aliphatic hydroxyl groups excluding tert-OH is 1. The molecule has 13 heavy (non-hydrogen) atoms. The molecule has 0 amide bonds. The van der Waals surface area contributed by atoms with Gasteiger partial charge in [0.05, 0.1) is 18.8 Å². The van der Waals surface area contributed by atoms with E-state index in [4.69, 9.17) is 9.84 Å². The summed E-state index contributed by atoms with van der Waals surface area (Å²) in [5.41, 5.74) is 1.14. The van der Waals surface area contributed by atoms with E-state index in [1.165, 1.54) is 0 Å². The lowest BCUT2D eigenvalue weighted by molar-refractivity contribution is -0.0219. The molecule has 2 unspecified atom stereocenters. The van der Waals surface area contributed by atoms with Gasteiger partial charge in [0, 0.05) is 0 Å². The molecular formula is C11H16O2. The van der Waals surface area contributed by atoms with Gasteiger partial charge in [0.2, 0.25) is 0 Å². The molecule has 0 saturated carbocycles. The van der Waals surface area contributed by atoms with Crippen LogP contribution in [0.3, 0.4) is 0 Å². The first-order chi connectivity index (χ1) is 6.24. The summed E-state index contributed by atoms with van der Waals surface area (Å²) in [6.45, 7) is 3.91. The summed E-state index contributed by atoms with van der Waals surface area (Å²) in [6, 6.07) is 9.99. The first kappa shape index (κ1) is 10.2. The van der Waals surface area contributed by atoms with Crippen molar-refractivity contribution in [1.29, 1.82) is 0 Å². The van der Waals surface area contributed by atoms with Gasteiger partial charge in [-0.2, -0.15) is 0 Å². The minimum Gasteiger partial charge on any atom is -0.394 e. The Morgan fingerprint density at radius 3 is 2.38 bits per heavy atom. The van der Waals surface area contributed by atoms with Crippen molar-refractivity contribution in [3.63, 3.8) is 0 Å². The third-order valence-corrected chi connectivity index (χ3v) is 1.96. The summed E-state index contributed by atoms with van der Waals surface area (Å²) in [6.07, 6.45) is -0.0569. The van der Waals surface area contributed by atoms with Gasteiger partial charge < -0.3 is 9.84 Å². The van der Waals surface area contributed by atoms with Crippen LogP contribution in [0.1, 0.15) is 25.5 Å². The molecule has 0 aliphatic carbocycles. The Bertz CT molecular complexity index is 233. The minimum atomic E-state index is -0.102. The van der Waals surface area contributed by atoms with E-state index in [1.54, 1.807) is 0 Å². The van der Waals surface area contributed by atoms with Gasteiger partial charge in [-0.1, -0.05) is 30.3 Å². The first-order valence-corrected chi connectivity index (χ1v) is 4.55. The Kier molecular flexibility index (Phi) is 3.93. The van der Waals surface area contributed by atoms with Crippen molar-refractivity contribution in [2.45, 2.75) is 26.1 Å². The van der Waals surface area contributed by atoms with E-state index in [9.17, 15) is 0 Å². The number of hydrogen-bond acceptors (Lipinski definition) is 2. The predicted octanol–water partition coefficient (Wildman–Crippen LogP) is 2.14. The molecule has 0 spiro atoms. The van der Waals surface area contributed by atoms with Gasteiger partial charge in [0.25, 0.3) is 0 Å². The maximum absolute atomic E-state index is 8.81. The second kappa shape index (κ2) is 5.00. The first-order valence-electron chi connectivity index (χ1n) is 4.55. The van der Waals surface area contributed by atoms with Gasteiger partial charge in [-0.3, -0.25) is 0 Å². The molecule has 1 rings (SSSR count). The summed E-state index contributed by atoms with van der Waals surface area (Å²) < 4.78 is 5.54. The monoisotopic (exact) mass is 180 g/mol. The summed E-state index contributed by atoms with van der Waals surface area (Å²) >= 11 is 0. The average Bonchev–Trinajstić information content (AvgIpc) is 2.19. The molecule has 0 aliphatic rings. The van der Waals surface area contributed by atoms with Gasteiger partial charge in [0.1, 0.15) is 0 Å². The van der Waals surface area contributed by atoms with Crippen LogP contribution in [0, 0.1) is 0 Å². The molecule has 1 N–H and O–H groups in total. The molecule has 0 heterocycles. The van der Waals surface area contributed by atoms with E-state index >= 15 is 0 Å². The summed E-state index contributed by atoms with van der Waals surface area (Å²) in [7, 11) is 0. The lowest BCUT2D eigenvalue weighted by atomic mass is 10.1. The van der Waals surface area contributed by atoms with Crippen molar-refractivity contribution in [1.82, 2.24) is 0 Å². The highest BCUT2D eigenvalue weighted by molar-refractivity contribution is 5.16. The normalized spacial score (nSPS) is 15.3. The molecule has 0 radical (unpaired) electrons. The van der Waals surface area contributed by atoms with Gasteiger partial charge in [-0.05, 0) is 19.4 Å². The highest BCUT2D eigenvalue weighted by Crippen LogP contribution is 2.17. The SMILES string of the molecule is CC(CO)OC(C)c1ccccc1. The molecular weight excluding hydrogens is 164 g/mol. The third kappa shape index (κ3) is 3.17. The van der Waals surface area contributed by atoms with Crippen LogP contribution in [0.2, 0.25) is 0 Å². The van der Waals surface area contributed by atoms with E-state index in [0.29, 0.717) is 0 Å². The fourth-order valence-corrected chi connectivity index (χ4v) is 1.19. The van der Waals surface area contributed by atoms with Crippen LogP contribution in [0.25, 0.3) is 0 Å². The topological polar surface area (TPSA) is 29.5 Å². The van der Waals surface area contributed by atoms with Crippen molar-refractivity contribution >= 4 is 0 Å². The summed E-state index contributed by atoms with van der Waals surface area (Å²) in [4.78, 5) is 0. The van der Waals surface area contributed by atoms with Crippen LogP contribution in [0.5, 0.6) is 0 Å². The van der Waals surface area contributed by atoms with E-state index in [1.807, 2.05) is 44.2 Å². The molecule has 2 atom stereocenters. The minimum absolute atomic E-state index is 0.0448. The van der Waals surface area contributed by atoms with Gasteiger partial charge in [-0.25, -0.2) is 0 Å². The number of rotatable bonds is 4. The zero-order valence-electron chi connectivity index (χ0n) is 8.10. The van der Waals surface area contributed by atoms with Crippen LogP contribution in [-0.4, -0.2) is 17.8 Å². The van der Waals surface area contributed by atoms with Crippen LogP contribution in [0.15, 0.2) is 30.3 Å². The molecule has 0 fully saturated rings. The number of hydrogen-bond donors (Lipinski definition) is 1. The molecule has 2 heteroatoms. The van der Waals surface area contributed by atoms with E-state index in [0.717, 1.165) is 5.56 Å². The zero-order valence-corrected chi connectivity index (χ0v) is 8.10. The fraction of sp³-hybridized carbons (Fsp3) is 0.455. The van der Waals surface area contributed by atoms with E-state index in [2.05, 4.69) is 0 Å². The Balaban J connectivity index is 2.53. The smallest absolute Gasteiger partial charge is 0.0801 e. The molecule has 0 aliphatic heterocycles. The largest absolute Gasteiger partial charge is 0.394 e. The maximum Gasteiger partial charge on any atom is 0.0801 e. The summed E-state index contributed by atoms with van der Waals surface area (Å²) in [5, 5.41) is 8.81. The van der Waals surface area contributed by atoms with Crippen LogP contribution >= 0.6 is 0 Å². The molecule has 1 aromatic carbocycles. The quantitative estimate of drug-likeness (QED) is 0.769. The molecule has 0 aromatic heterocycles. The van der Waals surface area contributed by atoms with Crippen molar-refractivity contribution < 1.29 is 9.84 Å². The second-order valence-electron chi connectivity index (χ2n) is 3.18. The Morgan fingerprint density at radius 2 is 1.85 bits per heavy atom. The van der Waals surface area contributed by atoms with Crippen molar-refractivity contribution in [3.05, 3.63) is 35.9 Å². The van der Waals surface area contributed by atoms with Crippen molar-refractivity contribution in [2.75, 3.05) is 6.61 Å². The zero-order chi connectivity index (χ0) is 9.68. The van der Waals surface area contributed by atoms with Gasteiger partial charge >= 0.3 is 0 Å². The molecule has 72 valence electrons. The Labute approximate surface area is 79.2 Å². The highest BCUT2D eigenvalue weighted by Gasteiger charge is 2.08. The molecule has 1 aromatic rings. The highest BCUT2D eigenvalue weighted by atomic mass is 16.5. The van der Waals surface area contributed by atoms with Crippen molar-refractivity contribution in [3.8, 4) is 0 Å². The molecule has 0 bridgehead atoms. The van der Waals surface area contributed by atoms with Gasteiger partial charge in [-0.15, -0.1) is 0 Å². The number of ether oxygens (including phenoxy) is 1. The lowest BCUT2D eigenvalue weighted by Gasteiger charge is -2.17. The number of aliphatic hydroxyl groups is 1. The third-order valence-electron chi connectivity index (χ3n) is 1.96. The second-order valence-corrected chi connectivity index (χ2v) is 3.18. The number of benzene rings is 1. The molecule has 0 saturated heterocycles. The van der Waals surface area contributed by atoms with Crippen LogP contribution in [0.4, 0.5) is 0 Å². The fourth-order valence-electron chi connectivity index (χ4n) is 1.19. The maximum atomic E-state index is 8.81. The van der Waals surface area contributed by atoms with Crippen molar-refractivity contribution in [2.24, 2.45) is 0 Å². The Hall–Kier alpha value is -0.860. The van der Waals surface area contributed by atoms with Gasteiger partial charge in [0.15, 0.2) is 0 Å². The van der Waals surface area contributed by atoms with E-state index < -0.39 is 0 Å². The van der Waals surface area contributed by atoms with E-state index in [-0.39, 0.29) is 18.8 Å². The van der Waals surface area contributed by atoms with Crippen LogP contribution in [-0.2, 0) is 4.74 Å². The Morgan fingerprint density at radius 1 is 1.23 bits per heavy atom.